The summed E-state index contributed by atoms with van der Waals surface area (Å²) < 4.78 is 11.6. The second kappa shape index (κ2) is 7.36. The van der Waals surface area contributed by atoms with Crippen molar-refractivity contribution < 1.29 is 19.1 Å². The van der Waals surface area contributed by atoms with E-state index in [4.69, 9.17) is 9.15 Å². The minimum absolute atomic E-state index is 0.00980. The SMILES string of the molecule is CCc1cc2c(C(C)=O)ccc(OCC(O)CNC(C)(C)C)c2o1. The second-order valence-electron chi connectivity index (χ2n) is 7.07. The minimum atomic E-state index is -0.632. The monoisotopic (exact) mass is 333 g/mol. The number of ketones is 1. The number of ether oxygens (including phenoxy) is 1. The summed E-state index contributed by atoms with van der Waals surface area (Å²) in [5.41, 5.74) is 1.13. The van der Waals surface area contributed by atoms with Crippen LogP contribution in [0.5, 0.6) is 5.75 Å². The minimum Gasteiger partial charge on any atom is -0.487 e. The number of β-amino-alcohol motifs (C(OH)–C–C–N with tert-alkyl or cyclic N) is 1. The number of carbonyl (C=O) groups is 1. The first-order chi connectivity index (χ1) is 11.2. The number of hydrogen-bond acceptors (Lipinski definition) is 5. The Morgan fingerprint density at radius 2 is 2.08 bits per heavy atom. The number of aliphatic hydroxyl groups is 1. The molecule has 0 saturated carbocycles. The Morgan fingerprint density at radius 3 is 2.67 bits per heavy atom. The van der Waals surface area contributed by atoms with E-state index in [-0.39, 0.29) is 17.9 Å². The summed E-state index contributed by atoms with van der Waals surface area (Å²) in [6.07, 6.45) is 0.108. The van der Waals surface area contributed by atoms with Crippen molar-refractivity contribution in [3.8, 4) is 5.75 Å². The Hall–Kier alpha value is -1.85. The number of hydrogen-bond donors (Lipinski definition) is 2. The van der Waals surface area contributed by atoms with Gasteiger partial charge in [0, 0.05) is 29.5 Å². The molecule has 132 valence electrons. The van der Waals surface area contributed by atoms with Crippen LogP contribution >= 0.6 is 0 Å². The van der Waals surface area contributed by atoms with Crippen molar-refractivity contribution >= 4 is 16.8 Å². The smallest absolute Gasteiger partial charge is 0.176 e. The zero-order valence-corrected chi connectivity index (χ0v) is 15.1. The molecule has 0 amide bonds. The van der Waals surface area contributed by atoms with E-state index >= 15 is 0 Å². The lowest BCUT2D eigenvalue weighted by Gasteiger charge is -2.23. The molecule has 1 atom stereocenters. The van der Waals surface area contributed by atoms with Crippen LogP contribution in [0.4, 0.5) is 0 Å². The Kier molecular flexibility index (Phi) is 5.67. The van der Waals surface area contributed by atoms with Gasteiger partial charge < -0.3 is 19.6 Å². The second-order valence-corrected chi connectivity index (χ2v) is 7.07. The van der Waals surface area contributed by atoms with E-state index in [0.717, 1.165) is 17.6 Å². The number of rotatable bonds is 7. The standard InChI is InChI=1S/C19H27NO4/c1-6-14-9-16-15(12(2)21)7-8-17(18(16)24-14)23-11-13(22)10-20-19(3,4)5/h7-9,13,20,22H,6,10-11H2,1-5H3. The number of aliphatic hydroxyl groups excluding tert-OH is 1. The first kappa shape index (κ1) is 18.5. The molecule has 5 heteroatoms. The fraction of sp³-hybridized carbons (Fsp3) is 0.526. The Bertz CT molecular complexity index is 712. The maximum atomic E-state index is 11.8. The number of furan rings is 1. The molecule has 5 nitrogen and oxygen atoms in total. The summed E-state index contributed by atoms with van der Waals surface area (Å²) in [6.45, 7) is 10.2. The van der Waals surface area contributed by atoms with Crippen molar-refractivity contribution in [1.82, 2.24) is 5.32 Å². The molecular formula is C19H27NO4. The zero-order valence-electron chi connectivity index (χ0n) is 15.1. The highest BCUT2D eigenvalue weighted by molar-refractivity contribution is 6.07. The maximum Gasteiger partial charge on any atom is 0.176 e. The highest BCUT2D eigenvalue weighted by atomic mass is 16.5. The number of Topliss-reactive ketones (excluding diaryl/α,β-unsaturated/α-hetero) is 1. The summed E-state index contributed by atoms with van der Waals surface area (Å²) in [5.74, 6) is 1.34. The molecule has 1 unspecified atom stereocenters. The molecule has 0 spiro atoms. The Balaban J connectivity index is 2.16. The predicted molar refractivity (Wildman–Crippen MR) is 94.9 cm³/mol. The molecule has 0 fully saturated rings. The average molecular weight is 333 g/mol. The van der Waals surface area contributed by atoms with Crippen molar-refractivity contribution in [2.24, 2.45) is 0 Å². The highest BCUT2D eigenvalue weighted by Gasteiger charge is 2.17. The first-order valence-corrected chi connectivity index (χ1v) is 8.33. The molecule has 0 aliphatic carbocycles. The third-order valence-electron chi connectivity index (χ3n) is 3.73. The van der Waals surface area contributed by atoms with Gasteiger partial charge in [0.1, 0.15) is 18.5 Å². The van der Waals surface area contributed by atoms with Crippen molar-refractivity contribution in [1.29, 1.82) is 0 Å². The van der Waals surface area contributed by atoms with Gasteiger partial charge >= 0.3 is 0 Å². The quantitative estimate of drug-likeness (QED) is 0.761. The van der Waals surface area contributed by atoms with Gasteiger partial charge in [-0.25, -0.2) is 0 Å². The first-order valence-electron chi connectivity index (χ1n) is 8.33. The molecule has 0 aliphatic heterocycles. The van der Waals surface area contributed by atoms with Crippen LogP contribution in [0.3, 0.4) is 0 Å². The summed E-state index contributed by atoms with van der Waals surface area (Å²) in [4.78, 5) is 11.8. The van der Waals surface area contributed by atoms with Crippen LogP contribution in [0.2, 0.25) is 0 Å². The molecular weight excluding hydrogens is 306 g/mol. The van der Waals surface area contributed by atoms with E-state index in [9.17, 15) is 9.90 Å². The van der Waals surface area contributed by atoms with Crippen molar-refractivity contribution in [2.75, 3.05) is 13.2 Å². The zero-order chi connectivity index (χ0) is 17.9. The van der Waals surface area contributed by atoms with E-state index in [1.165, 1.54) is 6.92 Å². The topological polar surface area (TPSA) is 71.7 Å². The van der Waals surface area contributed by atoms with Crippen molar-refractivity contribution in [2.45, 2.75) is 52.7 Å². The average Bonchev–Trinajstić information content (AvgIpc) is 2.93. The summed E-state index contributed by atoms with van der Waals surface area (Å²) in [7, 11) is 0. The third-order valence-corrected chi connectivity index (χ3v) is 3.73. The van der Waals surface area contributed by atoms with E-state index in [1.807, 2.05) is 33.8 Å². The molecule has 1 heterocycles. The lowest BCUT2D eigenvalue weighted by atomic mass is 10.1. The van der Waals surface area contributed by atoms with Crippen LogP contribution in [0.1, 0.15) is 50.7 Å². The molecule has 24 heavy (non-hydrogen) atoms. The third kappa shape index (κ3) is 4.58. The van der Waals surface area contributed by atoms with E-state index < -0.39 is 6.10 Å². The molecule has 0 aliphatic rings. The fourth-order valence-corrected chi connectivity index (χ4v) is 2.41. The molecule has 1 aromatic heterocycles. The van der Waals surface area contributed by atoms with Crippen LogP contribution in [-0.2, 0) is 6.42 Å². The summed E-state index contributed by atoms with van der Waals surface area (Å²) in [5, 5.41) is 14.1. The largest absolute Gasteiger partial charge is 0.487 e. The highest BCUT2D eigenvalue weighted by Crippen LogP contribution is 2.32. The molecule has 0 bridgehead atoms. The summed E-state index contributed by atoms with van der Waals surface area (Å²) >= 11 is 0. The Labute approximate surface area is 143 Å². The molecule has 2 N–H and O–H groups in total. The van der Waals surface area contributed by atoms with Gasteiger partial charge in [-0.15, -0.1) is 0 Å². The number of aryl methyl sites for hydroxylation is 1. The van der Waals surface area contributed by atoms with Crippen molar-refractivity contribution in [3.05, 3.63) is 29.5 Å². The van der Waals surface area contributed by atoms with E-state index in [2.05, 4.69) is 5.32 Å². The maximum absolute atomic E-state index is 11.8. The lowest BCUT2D eigenvalue weighted by Crippen LogP contribution is -2.42. The van der Waals surface area contributed by atoms with Crippen LogP contribution in [0, 0.1) is 0 Å². The van der Waals surface area contributed by atoms with E-state index in [0.29, 0.717) is 23.4 Å². The molecule has 2 rings (SSSR count). The van der Waals surface area contributed by atoms with Crippen LogP contribution < -0.4 is 10.1 Å². The van der Waals surface area contributed by atoms with Crippen molar-refractivity contribution in [3.63, 3.8) is 0 Å². The number of carbonyl (C=O) groups excluding carboxylic acids is 1. The van der Waals surface area contributed by atoms with Gasteiger partial charge in [-0.05, 0) is 45.9 Å². The molecule has 0 saturated heterocycles. The van der Waals surface area contributed by atoms with Crippen LogP contribution in [-0.4, -0.2) is 35.7 Å². The van der Waals surface area contributed by atoms with E-state index in [1.54, 1.807) is 12.1 Å². The predicted octanol–water partition coefficient (Wildman–Crippen LogP) is 3.33. The molecule has 2 aromatic rings. The van der Waals surface area contributed by atoms with Gasteiger partial charge in [-0.3, -0.25) is 4.79 Å². The molecule has 0 radical (unpaired) electrons. The van der Waals surface area contributed by atoms with Gasteiger partial charge in [0.25, 0.3) is 0 Å². The van der Waals surface area contributed by atoms with Gasteiger partial charge in [0.15, 0.2) is 17.1 Å². The van der Waals surface area contributed by atoms with Gasteiger partial charge in [-0.2, -0.15) is 0 Å². The van der Waals surface area contributed by atoms with Crippen LogP contribution in [0.15, 0.2) is 22.6 Å². The van der Waals surface area contributed by atoms with Gasteiger partial charge in [0.2, 0.25) is 0 Å². The van der Waals surface area contributed by atoms with Gasteiger partial charge in [0.05, 0.1) is 0 Å². The number of fused-ring (bicyclic) bond motifs is 1. The van der Waals surface area contributed by atoms with Gasteiger partial charge in [-0.1, -0.05) is 6.92 Å². The fourth-order valence-electron chi connectivity index (χ4n) is 2.41. The lowest BCUT2D eigenvalue weighted by molar-refractivity contribution is 0.0998. The van der Waals surface area contributed by atoms with Crippen LogP contribution in [0.25, 0.3) is 11.0 Å². The summed E-state index contributed by atoms with van der Waals surface area (Å²) in [6, 6.07) is 5.36. The number of benzene rings is 1. The Morgan fingerprint density at radius 1 is 1.38 bits per heavy atom. The molecule has 1 aromatic carbocycles. The normalized spacial score (nSPS) is 13.2. The number of nitrogens with one attached hydrogen (secondary N) is 1.